The van der Waals surface area contributed by atoms with E-state index >= 15 is 0 Å². The summed E-state index contributed by atoms with van der Waals surface area (Å²) in [5.74, 6) is 0.0289. The van der Waals surface area contributed by atoms with Gasteiger partial charge in [-0.1, -0.05) is 65.0 Å². The number of nitrogens with two attached hydrogens (primary N) is 2. The lowest BCUT2D eigenvalue weighted by Crippen LogP contribution is -2.34. The Morgan fingerprint density at radius 2 is 1.77 bits per heavy atom. The van der Waals surface area contributed by atoms with Gasteiger partial charge in [-0.25, -0.2) is 0 Å². The fourth-order valence-electron chi connectivity index (χ4n) is 3.92. The van der Waals surface area contributed by atoms with E-state index in [1.807, 2.05) is 53.0 Å². The van der Waals surface area contributed by atoms with Gasteiger partial charge in [-0.15, -0.1) is 0 Å². The number of rotatable bonds is 10. The van der Waals surface area contributed by atoms with Crippen molar-refractivity contribution in [2.24, 2.45) is 16.5 Å². The topological polar surface area (TPSA) is 84.7 Å². The van der Waals surface area contributed by atoms with Crippen LogP contribution in [0.2, 0.25) is 0 Å². The lowest BCUT2D eigenvalue weighted by atomic mass is 9.97. The quantitative estimate of drug-likeness (QED) is 0.476. The molecule has 0 fully saturated rings. The maximum atomic E-state index is 11.8. The SMILES string of the molecule is CC.CC.CCCN(CCC1C[C@@H](C(N)=O)c2ccccc21)C(C)/N=C\C/C=C(\C)N. The highest BCUT2D eigenvalue weighted by atomic mass is 16.1. The standard InChI is InChI=1S/C22H34N4O.2C2H6/c1-4-13-26(17(3)25-12-7-8-16(2)23)14-11-18-15-21(22(24)27)20-10-6-5-9-19(18)20;2*1-2/h5-6,8-10,12,17-18,21H,4,7,11,13-15,23H2,1-3H3,(H2,24,27);2*1-2H3/b16-8+,25-12-;;/t17?,18?,21-;;/m1../s1. The highest BCUT2D eigenvalue weighted by Crippen LogP contribution is 2.43. The Morgan fingerprint density at radius 1 is 1.16 bits per heavy atom. The number of hydrogen-bond acceptors (Lipinski definition) is 4. The van der Waals surface area contributed by atoms with Gasteiger partial charge in [0.05, 0.1) is 12.1 Å². The predicted molar refractivity (Wildman–Crippen MR) is 135 cm³/mol. The number of allylic oxidation sites excluding steroid dienone is 2. The van der Waals surface area contributed by atoms with Crippen molar-refractivity contribution in [3.05, 3.63) is 47.2 Å². The molecule has 3 atom stereocenters. The van der Waals surface area contributed by atoms with Crippen molar-refractivity contribution in [3.8, 4) is 0 Å². The fourth-order valence-corrected chi connectivity index (χ4v) is 3.92. The van der Waals surface area contributed by atoms with Crippen LogP contribution >= 0.6 is 0 Å². The molecule has 1 aliphatic carbocycles. The lowest BCUT2D eigenvalue weighted by Gasteiger charge is -2.27. The summed E-state index contributed by atoms with van der Waals surface area (Å²) in [7, 11) is 0. The Hall–Kier alpha value is -2.14. The van der Waals surface area contributed by atoms with Gasteiger partial charge in [0.25, 0.3) is 0 Å². The number of benzene rings is 1. The minimum Gasteiger partial charge on any atom is -0.403 e. The molecule has 31 heavy (non-hydrogen) atoms. The van der Waals surface area contributed by atoms with E-state index in [1.165, 1.54) is 5.56 Å². The molecule has 0 aromatic heterocycles. The molecule has 0 saturated carbocycles. The van der Waals surface area contributed by atoms with Gasteiger partial charge < -0.3 is 11.5 Å². The van der Waals surface area contributed by atoms with E-state index in [4.69, 9.17) is 11.5 Å². The molecule has 2 unspecified atom stereocenters. The summed E-state index contributed by atoms with van der Waals surface area (Å²) in [4.78, 5) is 18.9. The first-order valence-electron chi connectivity index (χ1n) is 12.0. The highest BCUT2D eigenvalue weighted by molar-refractivity contribution is 5.83. The highest BCUT2D eigenvalue weighted by Gasteiger charge is 2.33. The van der Waals surface area contributed by atoms with E-state index in [0.717, 1.165) is 50.0 Å². The monoisotopic (exact) mass is 430 g/mol. The first-order valence-corrected chi connectivity index (χ1v) is 12.0. The fraction of sp³-hybridized carbons (Fsp3) is 0.615. The number of primary amides is 1. The predicted octanol–water partition coefficient (Wildman–Crippen LogP) is 5.57. The average Bonchev–Trinajstić information content (AvgIpc) is 3.16. The Morgan fingerprint density at radius 3 is 2.32 bits per heavy atom. The molecule has 4 N–H and O–H groups in total. The van der Waals surface area contributed by atoms with Crippen LogP contribution in [0.1, 0.15) is 97.1 Å². The molecule has 0 radical (unpaired) electrons. The van der Waals surface area contributed by atoms with Crippen LogP contribution in [0, 0.1) is 0 Å². The van der Waals surface area contributed by atoms with Gasteiger partial charge in [-0.2, -0.15) is 0 Å². The number of hydrogen-bond donors (Lipinski definition) is 2. The summed E-state index contributed by atoms with van der Waals surface area (Å²) < 4.78 is 0. The molecule has 0 saturated heterocycles. The van der Waals surface area contributed by atoms with E-state index in [2.05, 4.69) is 41.9 Å². The Labute approximate surface area is 191 Å². The van der Waals surface area contributed by atoms with Gasteiger partial charge in [-0.05, 0) is 56.7 Å². The molecule has 0 heterocycles. The summed E-state index contributed by atoms with van der Waals surface area (Å²) in [5.41, 5.74) is 14.5. The molecule has 0 spiro atoms. The minimum absolute atomic E-state index is 0.139. The van der Waals surface area contributed by atoms with Crippen molar-refractivity contribution < 1.29 is 4.79 Å². The molecular weight excluding hydrogens is 384 g/mol. The number of carbonyl (C=O) groups excluding carboxylic acids is 1. The summed E-state index contributed by atoms with van der Waals surface area (Å²) in [6.45, 7) is 16.2. The van der Waals surface area contributed by atoms with E-state index in [1.54, 1.807) is 0 Å². The Bertz CT molecular complexity index is 680. The van der Waals surface area contributed by atoms with Crippen LogP contribution in [-0.4, -0.2) is 36.3 Å². The zero-order valence-electron chi connectivity index (χ0n) is 20.9. The van der Waals surface area contributed by atoms with Crippen LogP contribution in [0.4, 0.5) is 0 Å². The third-order valence-electron chi connectivity index (χ3n) is 5.35. The molecule has 5 nitrogen and oxygen atoms in total. The molecule has 0 bridgehead atoms. The van der Waals surface area contributed by atoms with Crippen LogP contribution in [0.25, 0.3) is 0 Å². The molecule has 176 valence electrons. The first-order chi connectivity index (χ1) is 14.9. The zero-order valence-corrected chi connectivity index (χ0v) is 20.9. The summed E-state index contributed by atoms with van der Waals surface area (Å²) in [6, 6.07) is 8.25. The molecule has 0 aliphatic heterocycles. The third-order valence-corrected chi connectivity index (χ3v) is 5.35. The van der Waals surface area contributed by atoms with Crippen LogP contribution in [-0.2, 0) is 4.79 Å². The minimum atomic E-state index is -0.211. The molecular formula is C26H46N4O. The second-order valence-electron chi connectivity index (χ2n) is 7.49. The van der Waals surface area contributed by atoms with Crippen LogP contribution in [0.15, 0.2) is 41.0 Å². The number of fused-ring (bicyclic) bond motifs is 1. The van der Waals surface area contributed by atoms with Gasteiger partial charge in [0.15, 0.2) is 0 Å². The first kappa shape index (κ1) is 28.9. The van der Waals surface area contributed by atoms with Gasteiger partial charge >= 0.3 is 0 Å². The van der Waals surface area contributed by atoms with Crippen LogP contribution in [0.5, 0.6) is 0 Å². The van der Waals surface area contributed by atoms with Gasteiger partial charge in [0.1, 0.15) is 0 Å². The molecule has 2 rings (SSSR count). The molecule has 1 aliphatic rings. The second kappa shape index (κ2) is 16.5. The van der Waals surface area contributed by atoms with Gasteiger partial charge in [0.2, 0.25) is 5.91 Å². The smallest absolute Gasteiger partial charge is 0.224 e. The van der Waals surface area contributed by atoms with Crippen LogP contribution < -0.4 is 11.5 Å². The molecule has 1 aromatic rings. The van der Waals surface area contributed by atoms with E-state index in [9.17, 15) is 4.79 Å². The Kier molecular flexibility index (Phi) is 15.4. The maximum Gasteiger partial charge on any atom is 0.224 e. The van der Waals surface area contributed by atoms with Crippen molar-refractivity contribution in [3.63, 3.8) is 0 Å². The van der Waals surface area contributed by atoms with Crippen LogP contribution in [0.3, 0.4) is 0 Å². The average molecular weight is 431 g/mol. The van der Waals surface area contributed by atoms with Crippen molar-refractivity contribution >= 4 is 12.1 Å². The molecule has 5 heteroatoms. The largest absolute Gasteiger partial charge is 0.403 e. The van der Waals surface area contributed by atoms with E-state index < -0.39 is 0 Å². The number of aliphatic imine (C=N–C) groups is 1. The van der Waals surface area contributed by atoms with E-state index in [0.29, 0.717) is 5.92 Å². The lowest BCUT2D eigenvalue weighted by molar-refractivity contribution is -0.119. The van der Waals surface area contributed by atoms with Crippen molar-refractivity contribution in [1.29, 1.82) is 0 Å². The number of nitrogens with zero attached hydrogens (tertiary/aromatic N) is 2. The van der Waals surface area contributed by atoms with Crippen molar-refractivity contribution in [1.82, 2.24) is 4.90 Å². The summed E-state index contributed by atoms with van der Waals surface area (Å²) >= 11 is 0. The van der Waals surface area contributed by atoms with Gasteiger partial charge in [-0.3, -0.25) is 14.7 Å². The normalized spacial score (nSPS) is 18.6. The number of amides is 1. The Balaban J connectivity index is 0.00000212. The second-order valence-corrected chi connectivity index (χ2v) is 7.49. The maximum absolute atomic E-state index is 11.8. The van der Waals surface area contributed by atoms with Crippen molar-refractivity contribution in [2.45, 2.75) is 92.2 Å². The van der Waals surface area contributed by atoms with Gasteiger partial charge in [0, 0.05) is 24.9 Å². The number of carbonyl (C=O) groups is 1. The summed E-state index contributed by atoms with van der Waals surface area (Å²) in [6.07, 6.45) is 7.75. The molecule has 1 amide bonds. The zero-order chi connectivity index (χ0) is 23.8. The van der Waals surface area contributed by atoms with Crippen molar-refractivity contribution in [2.75, 3.05) is 13.1 Å². The summed E-state index contributed by atoms with van der Waals surface area (Å²) in [5, 5.41) is 0. The third kappa shape index (κ3) is 9.69. The van der Waals surface area contributed by atoms with E-state index in [-0.39, 0.29) is 18.0 Å². The molecule has 1 aromatic carbocycles.